The number of piperidine rings is 1. The number of halogens is 3. The number of rotatable bonds is 4. The summed E-state index contributed by atoms with van der Waals surface area (Å²) in [6.07, 6.45) is -2.07. The molecule has 32 heavy (non-hydrogen) atoms. The standard InChI is InChI=1S/C23H21F3N2O3S/c24-23(25,26)18-11-14(1-4-21(18)32-17-2-3-19(30)20(31)13-17)15-5-8-27-22(12-15)28-9-6-16(29)7-10-28/h1-5,8,11-13,16,29-31H,6-7,9-10H2. The highest BCUT2D eigenvalue weighted by Gasteiger charge is 2.34. The molecule has 0 aliphatic carbocycles. The van der Waals surface area contributed by atoms with E-state index in [2.05, 4.69) is 4.98 Å². The number of alkyl halides is 3. The van der Waals surface area contributed by atoms with Crippen molar-refractivity contribution < 1.29 is 28.5 Å². The van der Waals surface area contributed by atoms with Crippen molar-refractivity contribution in [2.45, 2.75) is 34.9 Å². The van der Waals surface area contributed by atoms with E-state index in [0.717, 1.165) is 17.8 Å². The molecule has 2 aromatic carbocycles. The molecular formula is C23H21F3N2O3S. The van der Waals surface area contributed by atoms with Crippen LogP contribution in [-0.2, 0) is 6.18 Å². The van der Waals surface area contributed by atoms with Gasteiger partial charge in [0, 0.05) is 29.1 Å². The quantitative estimate of drug-likeness (QED) is 0.458. The lowest BCUT2D eigenvalue weighted by Gasteiger charge is -2.30. The molecular weight excluding hydrogens is 441 g/mol. The van der Waals surface area contributed by atoms with Crippen molar-refractivity contribution in [3.05, 3.63) is 60.3 Å². The van der Waals surface area contributed by atoms with Crippen LogP contribution in [0.15, 0.2) is 64.5 Å². The van der Waals surface area contributed by atoms with Crippen molar-refractivity contribution in [3.8, 4) is 22.6 Å². The van der Waals surface area contributed by atoms with E-state index in [1.807, 2.05) is 4.90 Å². The van der Waals surface area contributed by atoms with E-state index in [1.165, 1.54) is 24.3 Å². The van der Waals surface area contributed by atoms with E-state index in [9.17, 15) is 28.5 Å². The van der Waals surface area contributed by atoms with Crippen LogP contribution in [0.4, 0.5) is 19.0 Å². The largest absolute Gasteiger partial charge is 0.504 e. The number of hydrogen-bond acceptors (Lipinski definition) is 6. The Kier molecular flexibility index (Phi) is 6.21. The van der Waals surface area contributed by atoms with E-state index in [4.69, 9.17) is 0 Å². The second-order valence-electron chi connectivity index (χ2n) is 7.58. The SMILES string of the molecule is Oc1ccc(Sc2ccc(-c3ccnc(N4CCC(O)CC4)c3)cc2C(F)(F)F)cc1O. The molecule has 0 radical (unpaired) electrons. The maximum Gasteiger partial charge on any atom is 0.417 e. The molecule has 9 heteroatoms. The fourth-order valence-corrected chi connectivity index (χ4v) is 4.56. The first kappa shape index (κ1) is 22.3. The number of pyridine rings is 1. The first-order chi connectivity index (χ1) is 15.2. The Morgan fingerprint density at radius 1 is 0.906 bits per heavy atom. The van der Waals surface area contributed by atoms with Crippen molar-refractivity contribution in [2.75, 3.05) is 18.0 Å². The summed E-state index contributed by atoms with van der Waals surface area (Å²) in [7, 11) is 0. The molecule has 0 spiro atoms. The van der Waals surface area contributed by atoms with Gasteiger partial charge in [-0.05, 0) is 66.4 Å². The monoisotopic (exact) mass is 462 g/mol. The maximum atomic E-state index is 13.9. The molecule has 1 aromatic heterocycles. The lowest BCUT2D eigenvalue weighted by atomic mass is 10.0. The van der Waals surface area contributed by atoms with Crippen LogP contribution >= 0.6 is 11.8 Å². The molecule has 0 atom stereocenters. The third-order valence-electron chi connectivity index (χ3n) is 5.33. The highest BCUT2D eigenvalue weighted by molar-refractivity contribution is 7.99. The second-order valence-corrected chi connectivity index (χ2v) is 8.70. The molecule has 2 heterocycles. The van der Waals surface area contributed by atoms with Gasteiger partial charge in [0.2, 0.25) is 0 Å². The van der Waals surface area contributed by atoms with E-state index < -0.39 is 17.5 Å². The smallest absolute Gasteiger partial charge is 0.417 e. The fourth-order valence-electron chi connectivity index (χ4n) is 3.58. The molecule has 0 unspecified atom stereocenters. The summed E-state index contributed by atoms with van der Waals surface area (Å²) >= 11 is 0.859. The highest BCUT2D eigenvalue weighted by Crippen LogP contribution is 2.43. The summed E-state index contributed by atoms with van der Waals surface area (Å²) in [6.45, 7) is 1.28. The minimum absolute atomic E-state index is 0.00867. The molecule has 1 fully saturated rings. The molecule has 1 saturated heterocycles. The van der Waals surface area contributed by atoms with Gasteiger partial charge in [-0.15, -0.1) is 0 Å². The Morgan fingerprint density at radius 2 is 1.62 bits per heavy atom. The van der Waals surface area contributed by atoms with Crippen LogP contribution in [-0.4, -0.2) is 39.5 Å². The van der Waals surface area contributed by atoms with Crippen molar-refractivity contribution in [1.82, 2.24) is 4.98 Å². The zero-order valence-electron chi connectivity index (χ0n) is 16.9. The van der Waals surface area contributed by atoms with Crippen LogP contribution in [0, 0.1) is 0 Å². The molecule has 3 aromatic rings. The van der Waals surface area contributed by atoms with E-state index in [-0.39, 0.29) is 16.7 Å². The third kappa shape index (κ3) is 4.94. The number of benzene rings is 2. The predicted octanol–water partition coefficient (Wildman–Crippen LogP) is 5.29. The second kappa shape index (κ2) is 8.91. The van der Waals surface area contributed by atoms with Gasteiger partial charge in [0.15, 0.2) is 11.5 Å². The highest BCUT2D eigenvalue weighted by atomic mass is 32.2. The zero-order valence-corrected chi connectivity index (χ0v) is 17.7. The molecule has 0 amide bonds. The lowest BCUT2D eigenvalue weighted by molar-refractivity contribution is -0.139. The number of anilines is 1. The number of hydrogen-bond donors (Lipinski definition) is 3. The first-order valence-corrected chi connectivity index (χ1v) is 10.8. The average Bonchev–Trinajstić information content (AvgIpc) is 2.76. The Balaban J connectivity index is 1.66. The van der Waals surface area contributed by atoms with Crippen molar-refractivity contribution in [3.63, 3.8) is 0 Å². The van der Waals surface area contributed by atoms with E-state index >= 15 is 0 Å². The van der Waals surface area contributed by atoms with Crippen LogP contribution in [0.3, 0.4) is 0 Å². The van der Waals surface area contributed by atoms with Gasteiger partial charge in [-0.25, -0.2) is 4.98 Å². The van der Waals surface area contributed by atoms with Crippen LogP contribution < -0.4 is 4.90 Å². The van der Waals surface area contributed by atoms with Gasteiger partial charge in [-0.3, -0.25) is 0 Å². The summed E-state index contributed by atoms with van der Waals surface area (Å²) in [5.41, 5.74) is 0.244. The topological polar surface area (TPSA) is 76.8 Å². The van der Waals surface area contributed by atoms with Gasteiger partial charge in [0.05, 0.1) is 11.7 Å². The van der Waals surface area contributed by atoms with Crippen LogP contribution in [0.25, 0.3) is 11.1 Å². The fraction of sp³-hybridized carbons (Fsp3) is 0.261. The molecule has 1 aliphatic heterocycles. The van der Waals surface area contributed by atoms with Crippen molar-refractivity contribution >= 4 is 17.6 Å². The minimum atomic E-state index is -4.57. The van der Waals surface area contributed by atoms with Gasteiger partial charge >= 0.3 is 6.18 Å². The number of aromatic hydroxyl groups is 2. The molecule has 3 N–H and O–H groups in total. The first-order valence-electron chi connectivity index (χ1n) is 10.0. The summed E-state index contributed by atoms with van der Waals surface area (Å²) in [6, 6.07) is 11.5. The number of aliphatic hydroxyl groups excluding tert-OH is 1. The van der Waals surface area contributed by atoms with E-state index in [0.29, 0.717) is 47.8 Å². The van der Waals surface area contributed by atoms with Gasteiger partial charge in [0.25, 0.3) is 0 Å². The Labute approximate surface area is 187 Å². The zero-order chi connectivity index (χ0) is 22.9. The summed E-state index contributed by atoms with van der Waals surface area (Å²) in [5.74, 6) is -0.0619. The molecule has 168 valence electrons. The summed E-state index contributed by atoms with van der Waals surface area (Å²) in [5, 5.41) is 28.8. The van der Waals surface area contributed by atoms with Gasteiger partial charge in [-0.2, -0.15) is 13.2 Å². The van der Waals surface area contributed by atoms with Crippen molar-refractivity contribution in [1.29, 1.82) is 0 Å². The number of phenols is 2. The van der Waals surface area contributed by atoms with Crippen LogP contribution in [0.1, 0.15) is 18.4 Å². The molecule has 4 rings (SSSR count). The number of phenolic OH excluding ortho intramolecular Hbond substituents is 2. The number of nitrogens with zero attached hydrogens (tertiary/aromatic N) is 2. The Bertz CT molecular complexity index is 1120. The lowest BCUT2D eigenvalue weighted by Crippen LogP contribution is -2.36. The number of aromatic nitrogens is 1. The molecule has 1 aliphatic rings. The molecule has 0 saturated carbocycles. The van der Waals surface area contributed by atoms with Crippen LogP contribution in [0.5, 0.6) is 11.5 Å². The molecule has 0 bridgehead atoms. The predicted molar refractivity (Wildman–Crippen MR) is 116 cm³/mol. The maximum absolute atomic E-state index is 13.9. The van der Waals surface area contributed by atoms with Gasteiger partial charge in [0.1, 0.15) is 5.82 Å². The van der Waals surface area contributed by atoms with Gasteiger partial charge in [-0.1, -0.05) is 17.8 Å². The Hall–Kier alpha value is -2.91. The summed E-state index contributed by atoms with van der Waals surface area (Å²) in [4.78, 5) is 6.73. The van der Waals surface area contributed by atoms with Crippen LogP contribution in [0.2, 0.25) is 0 Å². The van der Waals surface area contributed by atoms with E-state index in [1.54, 1.807) is 24.4 Å². The Morgan fingerprint density at radius 3 is 2.31 bits per heavy atom. The number of aliphatic hydroxyl groups is 1. The normalized spacial score (nSPS) is 15.2. The average molecular weight is 462 g/mol. The third-order valence-corrected chi connectivity index (χ3v) is 6.39. The van der Waals surface area contributed by atoms with Crippen molar-refractivity contribution in [2.24, 2.45) is 0 Å². The summed E-state index contributed by atoms with van der Waals surface area (Å²) < 4.78 is 41.6. The molecule has 5 nitrogen and oxygen atoms in total. The minimum Gasteiger partial charge on any atom is -0.504 e. The van der Waals surface area contributed by atoms with Gasteiger partial charge < -0.3 is 20.2 Å².